The van der Waals surface area contributed by atoms with Crippen LogP contribution in [-0.4, -0.2) is 30.3 Å². The average Bonchev–Trinajstić information content (AvgIpc) is 3.06. The highest BCUT2D eigenvalue weighted by molar-refractivity contribution is 7.98. The van der Waals surface area contributed by atoms with E-state index < -0.39 is 0 Å². The Morgan fingerprint density at radius 1 is 1.26 bits per heavy atom. The fourth-order valence-corrected chi connectivity index (χ4v) is 2.25. The van der Waals surface area contributed by atoms with Gasteiger partial charge in [-0.1, -0.05) is 35.1 Å². The Bertz CT molecular complexity index is 665. The summed E-state index contributed by atoms with van der Waals surface area (Å²) in [7, 11) is 0. The summed E-state index contributed by atoms with van der Waals surface area (Å²) in [6, 6.07) is 9.70. The Morgan fingerprint density at radius 2 is 2.11 bits per heavy atom. The lowest BCUT2D eigenvalue weighted by atomic mass is 10.3. The van der Waals surface area contributed by atoms with Gasteiger partial charge >= 0.3 is 0 Å². The quantitative estimate of drug-likeness (QED) is 0.669. The van der Waals surface area contributed by atoms with Gasteiger partial charge in [0.05, 0.1) is 11.4 Å². The van der Waals surface area contributed by atoms with E-state index in [1.165, 1.54) is 11.8 Å². The third kappa shape index (κ3) is 2.63. The summed E-state index contributed by atoms with van der Waals surface area (Å²) in [5.74, 6) is 1.72. The molecule has 0 aliphatic rings. The van der Waals surface area contributed by atoms with Crippen LogP contribution in [-0.2, 0) is 5.75 Å². The Kier molecular flexibility index (Phi) is 3.23. The minimum absolute atomic E-state index is 0.536. The molecule has 0 spiro atoms. The molecule has 0 radical (unpaired) electrons. The van der Waals surface area contributed by atoms with Crippen molar-refractivity contribution < 1.29 is 4.52 Å². The summed E-state index contributed by atoms with van der Waals surface area (Å²) in [6.07, 6.45) is 0. The lowest BCUT2D eigenvalue weighted by molar-refractivity contribution is 0.387. The van der Waals surface area contributed by atoms with Crippen LogP contribution < -0.4 is 0 Å². The zero-order valence-corrected chi connectivity index (χ0v) is 10.9. The van der Waals surface area contributed by atoms with E-state index >= 15 is 0 Å². The maximum Gasteiger partial charge on any atom is 0.237 e. The second-order valence-electron chi connectivity index (χ2n) is 3.73. The molecule has 0 aliphatic carbocycles. The van der Waals surface area contributed by atoms with E-state index in [0.717, 1.165) is 5.69 Å². The molecule has 2 heterocycles. The summed E-state index contributed by atoms with van der Waals surface area (Å²) < 4.78 is 6.72. The number of aryl methyl sites for hydroxylation is 1. The minimum Gasteiger partial charge on any atom is -0.338 e. The molecular formula is C11H10N6OS. The Labute approximate surface area is 113 Å². The van der Waals surface area contributed by atoms with Gasteiger partial charge in [0.1, 0.15) is 0 Å². The molecule has 0 bridgehead atoms. The van der Waals surface area contributed by atoms with Gasteiger partial charge < -0.3 is 4.52 Å². The maximum atomic E-state index is 5.05. The van der Waals surface area contributed by atoms with Crippen LogP contribution in [0.4, 0.5) is 0 Å². The number of tetrazole rings is 1. The van der Waals surface area contributed by atoms with E-state index in [2.05, 4.69) is 25.7 Å². The summed E-state index contributed by atoms with van der Waals surface area (Å²) in [5, 5.41) is 16.1. The fraction of sp³-hybridized carbons (Fsp3) is 0.182. The van der Waals surface area contributed by atoms with Crippen molar-refractivity contribution in [2.75, 3.05) is 0 Å². The topological polar surface area (TPSA) is 82.5 Å². The van der Waals surface area contributed by atoms with Gasteiger partial charge in [-0.05, 0) is 29.5 Å². The van der Waals surface area contributed by atoms with Crippen LogP contribution in [0.5, 0.6) is 0 Å². The highest BCUT2D eigenvalue weighted by atomic mass is 32.2. The standard InChI is InChI=1S/C11H10N6OS/c1-8-12-10(18-14-8)7-19-11-13-15-16-17(11)9-5-3-2-4-6-9/h2-6H,7H2,1H3. The van der Waals surface area contributed by atoms with Gasteiger partial charge in [0.25, 0.3) is 0 Å². The summed E-state index contributed by atoms with van der Waals surface area (Å²) >= 11 is 1.45. The van der Waals surface area contributed by atoms with Gasteiger partial charge in [-0.25, -0.2) is 0 Å². The number of rotatable bonds is 4. The number of hydrogen-bond donors (Lipinski definition) is 0. The van der Waals surface area contributed by atoms with E-state index in [0.29, 0.717) is 22.6 Å². The highest BCUT2D eigenvalue weighted by Crippen LogP contribution is 2.21. The SMILES string of the molecule is Cc1noc(CSc2nnnn2-c2ccccc2)n1. The van der Waals surface area contributed by atoms with Crippen molar-refractivity contribution in [3.63, 3.8) is 0 Å². The van der Waals surface area contributed by atoms with Crippen LogP contribution in [0.2, 0.25) is 0 Å². The lowest BCUT2D eigenvalue weighted by Gasteiger charge is -2.01. The number of benzene rings is 1. The van der Waals surface area contributed by atoms with Crippen LogP contribution in [0.25, 0.3) is 5.69 Å². The fourth-order valence-electron chi connectivity index (χ4n) is 1.53. The van der Waals surface area contributed by atoms with Gasteiger partial charge in [0.2, 0.25) is 11.0 Å². The molecule has 19 heavy (non-hydrogen) atoms. The van der Waals surface area contributed by atoms with Gasteiger partial charge in [-0.3, -0.25) is 0 Å². The van der Waals surface area contributed by atoms with Gasteiger partial charge in [0.15, 0.2) is 5.82 Å². The number of hydrogen-bond acceptors (Lipinski definition) is 7. The third-order valence-corrected chi connectivity index (χ3v) is 3.24. The molecule has 0 saturated heterocycles. The summed E-state index contributed by atoms with van der Waals surface area (Å²) in [5.41, 5.74) is 0.914. The Balaban J connectivity index is 1.77. The van der Waals surface area contributed by atoms with Gasteiger partial charge in [-0.2, -0.15) is 9.67 Å². The normalized spacial score (nSPS) is 10.8. The zero-order valence-electron chi connectivity index (χ0n) is 10.1. The molecule has 2 aromatic heterocycles. The number of nitrogens with zero attached hydrogens (tertiary/aromatic N) is 6. The minimum atomic E-state index is 0.536. The molecule has 8 heteroatoms. The molecule has 96 valence electrons. The zero-order chi connectivity index (χ0) is 13.1. The Hall–Kier alpha value is -2.22. The largest absolute Gasteiger partial charge is 0.338 e. The number of para-hydroxylation sites is 1. The van der Waals surface area contributed by atoms with E-state index in [1.54, 1.807) is 11.6 Å². The van der Waals surface area contributed by atoms with Crippen LogP contribution in [0.1, 0.15) is 11.7 Å². The predicted molar refractivity (Wildman–Crippen MR) is 67.8 cm³/mol. The smallest absolute Gasteiger partial charge is 0.237 e. The lowest BCUT2D eigenvalue weighted by Crippen LogP contribution is -1.98. The van der Waals surface area contributed by atoms with Crippen LogP contribution in [0.15, 0.2) is 40.0 Å². The van der Waals surface area contributed by atoms with E-state index in [9.17, 15) is 0 Å². The molecule has 0 unspecified atom stereocenters. The second-order valence-corrected chi connectivity index (χ2v) is 4.68. The van der Waals surface area contributed by atoms with Crippen LogP contribution in [0, 0.1) is 6.92 Å². The first-order chi connectivity index (χ1) is 9.33. The van der Waals surface area contributed by atoms with Gasteiger partial charge in [0, 0.05) is 0 Å². The van der Waals surface area contributed by atoms with E-state index in [-0.39, 0.29) is 0 Å². The first-order valence-corrected chi connectivity index (χ1v) is 6.57. The van der Waals surface area contributed by atoms with Crippen molar-refractivity contribution in [3.05, 3.63) is 42.0 Å². The van der Waals surface area contributed by atoms with Crippen LogP contribution in [0.3, 0.4) is 0 Å². The number of aromatic nitrogens is 6. The van der Waals surface area contributed by atoms with Crippen molar-refractivity contribution in [1.82, 2.24) is 30.3 Å². The molecular weight excluding hydrogens is 264 g/mol. The maximum absolute atomic E-state index is 5.05. The molecule has 0 N–H and O–H groups in total. The second kappa shape index (κ2) is 5.19. The molecule has 0 atom stereocenters. The summed E-state index contributed by atoms with van der Waals surface area (Å²) in [6.45, 7) is 1.78. The third-order valence-electron chi connectivity index (χ3n) is 2.34. The van der Waals surface area contributed by atoms with E-state index in [1.807, 2.05) is 30.3 Å². The van der Waals surface area contributed by atoms with Crippen molar-refractivity contribution >= 4 is 11.8 Å². The van der Waals surface area contributed by atoms with Crippen molar-refractivity contribution in [2.45, 2.75) is 17.8 Å². The molecule has 0 saturated carbocycles. The predicted octanol–water partition coefficient (Wildman–Crippen LogP) is 1.65. The van der Waals surface area contributed by atoms with Crippen molar-refractivity contribution in [1.29, 1.82) is 0 Å². The Morgan fingerprint density at radius 3 is 2.84 bits per heavy atom. The van der Waals surface area contributed by atoms with E-state index in [4.69, 9.17) is 4.52 Å². The monoisotopic (exact) mass is 274 g/mol. The molecule has 0 amide bonds. The molecule has 7 nitrogen and oxygen atoms in total. The van der Waals surface area contributed by atoms with Crippen molar-refractivity contribution in [2.24, 2.45) is 0 Å². The molecule has 3 rings (SSSR count). The number of thioether (sulfide) groups is 1. The molecule has 3 aromatic rings. The highest BCUT2D eigenvalue weighted by Gasteiger charge is 2.11. The van der Waals surface area contributed by atoms with Crippen molar-refractivity contribution in [3.8, 4) is 5.69 Å². The first kappa shape index (κ1) is 11.8. The van der Waals surface area contributed by atoms with Crippen LogP contribution >= 0.6 is 11.8 Å². The molecule has 0 aliphatic heterocycles. The first-order valence-electron chi connectivity index (χ1n) is 5.59. The molecule has 1 aromatic carbocycles. The van der Waals surface area contributed by atoms with Gasteiger partial charge in [-0.15, -0.1) is 5.10 Å². The summed E-state index contributed by atoms with van der Waals surface area (Å²) in [4.78, 5) is 4.14. The molecule has 0 fully saturated rings. The average molecular weight is 274 g/mol.